The fraction of sp³-hybridized carbons (Fsp3) is 0.400. The lowest BCUT2D eigenvalue weighted by Gasteiger charge is -2.14. The molecule has 0 saturated carbocycles. The summed E-state index contributed by atoms with van der Waals surface area (Å²) in [5.74, 6) is 0.853. The van der Waals surface area contributed by atoms with Gasteiger partial charge in [0.15, 0.2) is 0 Å². The molecule has 2 rings (SSSR count). The molecule has 0 bridgehead atoms. The zero-order chi connectivity index (χ0) is 14.0. The van der Waals surface area contributed by atoms with Gasteiger partial charge in [0.2, 0.25) is 0 Å². The molecule has 1 aromatic heterocycles. The second-order valence-electron chi connectivity index (χ2n) is 4.87. The van der Waals surface area contributed by atoms with Crippen LogP contribution in [0.25, 0.3) is 0 Å². The van der Waals surface area contributed by atoms with Crippen molar-refractivity contribution in [2.75, 3.05) is 0 Å². The van der Waals surface area contributed by atoms with Crippen LogP contribution < -0.4 is 10.5 Å². The van der Waals surface area contributed by atoms with Gasteiger partial charge in [0, 0.05) is 16.5 Å². The van der Waals surface area contributed by atoms with E-state index in [1.54, 1.807) is 11.3 Å². The maximum absolute atomic E-state index is 5.99. The Morgan fingerprint density at radius 1 is 1.32 bits per heavy atom. The van der Waals surface area contributed by atoms with E-state index in [2.05, 4.69) is 24.9 Å². The van der Waals surface area contributed by atoms with Crippen molar-refractivity contribution in [3.05, 3.63) is 44.9 Å². The highest BCUT2D eigenvalue weighted by molar-refractivity contribution is 7.11. The van der Waals surface area contributed by atoms with Gasteiger partial charge in [0.25, 0.3) is 0 Å². The van der Waals surface area contributed by atoms with Crippen molar-refractivity contribution in [2.24, 2.45) is 5.73 Å². The Kier molecular flexibility index (Phi) is 4.22. The second-order valence-corrected chi connectivity index (χ2v) is 6.16. The lowest BCUT2D eigenvalue weighted by atomic mass is 10.1. The topological polar surface area (TPSA) is 48.1 Å². The first-order valence-corrected chi connectivity index (χ1v) is 7.21. The summed E-state index contributed by atoms with van der Waals surface area (Å²) in [5.41, 5.74) is 9.31. The zero-order valence-corrected chi connectivity index (χ0v) is 12.7. The lowest BCUT2D eigenvalue weighted by molar-refractivity contribution is 0.300. The van der Waals surface area contributed by atoms with Gasteiger partial charge in [-0.3, -0.25) is 0 Å². The molecule has 3 nitrogen and oxygen atoms in total. The molecule has 0 aliphatic rings. The van der Waals surface area contributed by atoms with E-state index in [0.29, 0.717) is 6.61 Å². The van der Waals surface area contributed by atoms with E-state index >= 15 is 0 Å². The molecule has 2 aromatic rings. The number of ether oxygens (including phenoxy) is 1. The summed E-state index contributed by atoms with van der Waals surface area (Å²) < 4.78 is 5.88. The molecule has 0 spiro atoms. The molecule has 0 saturated heterocycles. The van der Waals surface area contributed by atoms with E-state index in [0.717, 1.165) is 22.0 Å². The van der Waals surface area contributed by atoms with Gasteiger partial charge in [-0.05, 0) is 33.8 Å². The summed E-state index contributed by atoms with van der Waals surface area (Å²) in [7, 11) is 0. The molecule has 0 amide bonds. The fourth-order valence-corrected chi connectivity index (χ4v) is 2.74. The molecule has 0 aliphatic carbocycles. The minimum atomic E-state index is -0.0327. The molecule has 19 heavy (non-hydrogen) atoms. The fourth-order valence-electron chi connectivity index (χ4n) is 1.90. The highest BCUT2D eigenvalue weighted by atomic mass is 32.1. The summed E-state index contributed by atoms with van der Waals surface area (Å²) >= 11 is 1.68. The van der Waals surface area contributed by atoms with Crippen LogP contribution in [0.15, 0.2) is 18.2 Å². The number of hydrogen-bond donors (Lipinski definition) is 1. The summed E-state index contributed by atoms with van der Waals surface area (Å²) in [6.07, 6.45) is 0. The molecular weight excluding hydrogens is 256 g/mol. The van der Waals surface area contributed by atoms with Crippen LogP contribution in [0, 0.1) is 20.8 Å². The van der Waals surface area contributed by atoms with Gasteiger partial charge in [-0.2, -0.15) is 0 Å². The Bertz CT molecular complexity index is 556. The SMILES string of the molecule is Cc1ccc(OCc2nc(C)c(C)s2)c([C@H](C)N)c1. The standard InChI is InChI=1S/C15H20N2OS/c1-9-5-6-14(13(7-9)10(2)16)18-8-15-17-11(3)12(4)19-15/h5-7,10H,8,16H2,1-4H3/t10-/m0/s1. The van der Waals surface area contributed by atoms with Crippen LogP contribution >= 0.6 is 11.3 Å². The molecule has 102 valence electrons. The Balaban J connectivity index is 2.15. The number of thiazole rings is 1. The van der Waals surface area contributed by atoms with Gasteiger partial charge in [0.05, 0.1) is 5.69 Å². The van der Waals surface area contributed by atoms with Crippen LogP contribution in [0.2, 0.25) is 0 Å². The van der Waals surface area contributed by atoms with Crippen molar-refractivity contribution < 1.29 is 4.74 Å². The van der Waals surface area contributed by atoms with Gasteiger partial charge in [-0.1, -0.05) is 17.7 Å². The minimum Gasteiger partial charge on any atom is -0.486 e. The Morgan fingerprint density at radius 2 is 2.05 bits per heavy atom. The van der Waals surface area contributed by atoms with E-state index in [9.17, 15) is 0 Å². The quantitative estimate of drug-likeness (QED) is 0.927. The summed E-state index contributed by atoms with van der Waals surface area (Å²) in [6.45, 7) is 8.63. The number of benzene rings is 1. The van der Waals surface area contributed by atoms with E-state index < -0.39 is 0 Å². The predicted molar refractivity (Wildman–Crippen MR) is 79.7 cm³/mol. The lowest BCUT2D eigenvalue weighted by Crippen LogP contribution is -2.08. The Hall–Kier alpha value is -1.39. The highest BCUT2D eigenvalue weighted by Crippen LogP contribution is 2.26. The molecule has 0 radical (unpaired) electrons. The number of nitrogens with zero attached hydrogens (tertiary/aromatic N) is 1. The molecule has 1 heterocycles. The number of nitrogens with two attached hydrogens (primary N) is 1. The monoisotopic (exact) mass is 276 g/mol. The van der Waals surface area contributed by atoms with Crippen LogP contribution in [0.1, 0.15) is 39.7 Å². The van der Waals surface area contributed by atoms with Gasteiger partial charge >= 0.3 is 0 Å². The average Bonchev–Trinajstić information content (AvgIpc) is 2.67. The molecule has 1 atom stereocenters. The molecular formula is C15H20N2OS. The van der Waals surface area contributed by atoms with Crippen molar-refractivity contribution in [2.45, 2.75) is 40.3 Å². The van der Waals surface area contributed by atoms with Crippen LogP contribution in [-0.4, -0.2) is 4.98 Å². The van der Waals surface area contributed by atoms with Gasteiger partial charge in [-0.25, -0.2) is 4.98 Å². The maximum atomic E-state index is 5.99. The third kappa shape index (κ3) is 3.33. The van der Waals surface area contributed by atoms with E-state index in [1.807, 2.05) is 26.0 Å². The average molecular weight is 276 g/mol. The number of hydrogen-bond acceptors (Lipinski definition) is 4. The Morgan fingerprint density at radius 3 is 2.63 bits per heavy atom. The normalized spacial score (nSPS) is 12.5. The first-order valence-electron chi connectivity index (χ1n) is 6.39. The van der Waals surface area contributed by atoms with E-state index in [1.165, 1.54) is 10.4 Å². The zero-order valence-electron chi connectivity index (χ0n) is 11.9. The minimum absolute atomic E-state index is 0.0327. The van der Waals surface area contributed by atoms with Crippen LogP contribution in [0.4, 0.5) is 0 Å². The van der Waals surface area contributed by atoms with Gasteiger partial charge < -0.3 is 10.5 Å². The summed E-state index contributed by atoms with van der Waals surface area (Å²) in [5, 5.41) is 1.01. The van der Waals surface area contributed by atoms with E-state index in [4.69, 9.17) is 10.5 Å². The van der Waals surface area contributed by atoms with Crippen molar-refractivity contribution in [1.82, 2.24) is 4.98 Å². The molecule has 0 fully saturated rings. The summed E-state index contributed by atoms with van der Waals surface area (Å²) in [6, 6.07) is 6.08. The van der Waals surface area contributed by atoms with Crippen molar-refractivity contribution in [3.8, 4) is 5.75 Å². The molecule has 1 aromatic carbocycles. The van der Waals surface area contributed by atoms with Gasteiger partial charge in [-0.15, -0.1) is 11.3 Å². The second kappa shape index (κ2) is 5.72. The van der Waals surface area contributed by atoms with E-state index in [-0.39, 0.29) is 6.04 Å². The number of aromatic nitrogens is 1. The third-order valence-electron chi connectivity index (χ3n) is 3.08. The van der Waals surface area contributed by atoms with Crippen LogP contribution in [0.5, 0.6) is 5.75 Å². The largest absolute Gasteiger partial charge is 0.486 e. The predicted octanol–water partition coefficient (Wildman–Crippen LogP) is 3.67. The van der Waals surface area contributed by atoms with Crippen molar-refractivity contribution in [3.63, 3.8) is 0 Å². The smallest absolute Gasteiger partial charge is 0.140 e. The van der Waals surface area contributed by atoms with Crippen molar-refractivity contribution in [1.29, 1.82) is 0 Å². The molecule has 0 unspecified atom stereocenters. The van der Waals surface area contributed by atoms with Gasteiger partial charge in [0.1, 0.15) is 17.4 Å². The molecule has 0 aliphatic heterocycles. The summed E-state index contributed by atoms with van der Waals surface area (Å²) in [4.78, 5) is 5.72. The first-order chi connectivity index (χ1) is 8.97. The van der Waals surface area contributed by atoms with Crippen molar-refractivity contribution >= 4 is 11.3 Å². The third-order valence-corrected chi connectivity index (χ3v) is 4.13. The van der Waals surface area contributed by atoms with Crippen LogP contribution in [-0.2, 0) is 6.61 Å². The molecule has 2 N–H and O–H groups in total. The number of rotatable bonds is 4. The van der Waals surface area contributed by atoms with Crippen LogP contribution in [0.3, 0.4) is 0 Å². The number of aryl methyl sites for hydroxylation is 3. The maximum Gasteiger partial charge on any atom is 0.140 e. The highest BCUT2D eigenvalue weighted by Gasteiger charge is 2.10. The molecule has 4 heteroatoms. The first kappa shape index (κ1) is 14.0. The Labute approximate surface area is 118 Å².